The Labute approximate surface area is 168 Å². The third-order valence-electron chi connectivity index (χ3n) is 5.29. The Morgan fingerprint density at radius 3 is 2.57 bits per heavy atom. The average Bonchev–Trinajstić information content (AvgIpc) is 3.36. The molecule has 0 atom stereocenters. The first-order valence-electron chi connectivity index (χ1n) is 9.41. The zero-order valence-electron chi connectivity index (χ0n) is 16.7. The van der Waals surface area contributed by atoms with Gasteiger partial charge in [-0.05, 0) is 26.8 Å². The van der Waals surface area contributed by atoms with Crippen molar-refractivity contribution in [2.45, 2.75) is 27.3 Å². The van der Waals surface area contributed by atoms with E-state index in [4.69, 9.17) is 0 Å². The van der Waals surface area contributed by atoms with Gasteiger partial charge in [-0.1, -0.05) is 0 Å². The van der Waals surface area contributed by atoms with Crippen LogP contribution in [0.25, 0.3) is 11.3 Å². The number of nitrogens with one attached hydrogen (secondary N) is 1. The summed E-state index contributed by atoms with van der Waals surface area (Å²) in [5, 5.41) is 14.9. The van der Waals surface area contributed by atoms with Crippen LogP contribution in [0.3, 0.4) is 0 Å². The molecule has 3 aromatic heterocycles. The maximum absolute atomic E-state index is 12.9. The first kappa shape index (κ1) is 18.8. The summed E-state index contributed by atoms with van der Waals surface area (Å²) in [5.41, 5.74) is 5.35. The first-order valence-corrected chi connectivity index (χ1v) is 10.3. The molecule has 0 saturated carbocycles. The number of aromatic nitrogens is 5. The summed E-state index contributed by atoms with van der Waals surface area (Å²) in [5.74, 6) is 0.00194. The molecule has 0 spiro atoms. The molecule has 1 saturated heterocycles. The molecule has 3 aromatic rings. The number of aryl methyl sites for hydroxylation is 3. The molecule has 0 aromatic carbocycles. The minimum absolute atomic E-state index is 0.00194. The van der Waals surface area contributed by atoms with E-state index < -0.39 is 0 Å². The number of hydrogen-bond donors (Lipinski definition) is 1. The number of aromatic amines is 1. The van der Waals surface area contributed by atoms with Crippen molar-refractivity contribution in [3.05, 3.63) is 39.2 Å². The van der Waals surface area contributed by atoms with E-state index >= 15 is 0 Å². The van der Waals surface area contributed by atoms with Gasteiger partial charge in [-0.25, -0.2) is 4.98 Å². The van der Waals surface area contributed by atoms with Gasteiger partial charge in [0.25, 0.3) is 5.91 Å². The highest BCUT2D eigenvalue weighted by Crippen LogP contribution is 2.25. The smallest absolute Gasteiger partial charge is 0.271 e. The van der Waals surface area contributed by atoms with Crippen molar-refractivity contribution in [3.8, 4) is 11.3 Å². The Kier molecular flexibility index (Phi) is 5.03. The maximum atomic E-state index is 12.9. The summed E-state index contributed by atoms with van der Waals surface area (Å²) in [7, 11) is 1.91. The number of hydrogen-bond acceptors (Lipinski definition) is 6. The summed E-state index contributed by atoms with van der Waals surface area (Å²) in [4.78, 5) is 21.7. The third kappa shape index (κ3) is 3.59. The topological polar surface area (TPSA) is 82.9 Å². The van der Waals surface area contributed by atoms with Gasteiger partial charge in [-0.2, -0.15) is 10.2 Å². The van der Waals surface area contributed by atoms with Gasteiger partial charge >= 0.3 is 0 Å². The minimum Gasteiger partial charge on any atom is -0.335 e. The average molecular weight is 400 g/mol. The monoisotopic (exact) mass is 399 g/mol. The van der Waals surface area contributed by atoms with E-state index in [9.17, 15) is 4.79 Å². The summed E-state index contributed by atoms with van der Waals surface area (Å²) < 4.78 is 1.84. The number of H-pyrrole nitrogens is 1. The fourth-order valence-corrected chi connectivity index (χ4v) is 4.30. The fourth-order valence-electron chi connectivity index (χ4n) is 3.69. The molecule has 1 fully saturated rings. The fraction of sp³-hybridized carbons (Fsp3) is 0.474. The molecule has 0 aliphatic carbocycles. The van der Waals surface area contributed by atoms with E-state index in [1.165, 1.54) is 0 Å². The van der Waals surface area contributed by atoms with Gasteiger partial charge in [0.1, 0.15) is 5.69 Å². The van der Waals surface area contributed by atoms with Gasteiger partial charge in [0.05, 0.1) is 22.1 Å². The molecule has 1 aliphatic rings. The quantitative estimate of drug-likeness (QED) is 0.727. The molecule has 148 valence electrons. The molecule has 0 bridgehead atoms. The molecule has 4 heterocycles. The van der Waals surface area contributed by atoms with Crippen molar-refractivity contribution in [3.63, 3.8) is 0 Å². The van der Waals surface area contributed by atoms with Crippen molar-refractivity contribution >= 4 is 17.2 Å². The number of amides is 1. The standard InChI is InChI=1S/C19H25N7OS/c1-12-18(13(2)24(4)23-12)16-9-17(22-21-16)19(27)26-7-5-25(6-8-26)10-15-11-28-14(3)20-15/h9,11H,5-8,10H2,1-4H3,(H,21,22). The molecular weight excluding hydrogens is 374 g/mol. The van der Waals surface area contributed by atoms with Crippen LogP contribution in [0.5, 0.6) is 0 Å². The zero-order valence-corrected chi connectivity index (χ0v) is 17.5. The van der Waals surface area contributed by atoms with E-state index in [-0.39, 0.29) is 5.91 Å². The van der Waals surface area contributed by atoms with Crippen LogP contribution in [0.15, 0.2) is 11.4 Å². The third-order valence-corrected chi connectivity index (χ3v) is 6.11. The van der Waals surface area contributed by atoms with Crippen LogP contribution < -0.4 is 0 Å². The predicted octanol–water partition coefficient (Wildman–Crippen LogP) is 2.15. The molecular formula is C19H25N7OS. The highest BCUT2D eigenvalue weighted by molar-refractivity contribution is 7.09. The second kappa shape index (κ2) is 7.48. The van der Waals surface area contributed by atoms with Gasteiger partial charge in [0.15, 0.2) is 0 Å². The second-order valence-corrected chi connectivity index (χ2v) is 8.32. The lowest BCUT2D eigenvalue weighted by molar-refractivity contribution is 0.0621. The minimum atomic E-state index is 0.00194. The number of piperazine rings is 1. The molecule has 1 N–H and O–H groups in total. The summed E-state index contributed by atoms with van der Waals surface area (Å²) >= 11 is 1.68. The molecule has 0 unspecified atom stereocenters. The number of rotatable bonds is 4. The number of nitrogens with zero attached hydrogens (tertiary/aromatic N) is 6. The molecule has 1 aliphatic heterocycles. The number of carbonyl (C=O) groups excluding carboxylic acids is 1. The Bertz CT molecular complexity index is 994. The van der Waals surface area contributed by atoms with Crippen LogP contribution in [0.2, 0.25) is 0 Å². The SMILES string of the molecule is Cc1nc(CN2CCN(C(=O)c3cc(-c4c(C)nn(C)c4C)n[nH]3)CC2)cs1. The van der Waals surface area contributed by atoms with Crippen molar-refractivity contribution in [1.82, 2.24) is 34.8 Å². The predicted molar refractivity (Wildman–Crippen MR) is 108 cm³/mol. The van der Waals surface area contributed by atoms with E-state index in [1.807, 2.05) is 43.5 Å². The van der Waals surface area contributed by atoms with E-state index in [0.29, 0.717) is 18.8 Å². The largest absolute Gasteiger partial charge is 0.335 e. The molecule has 28 heavy (non-hydrogen) atoms. The lowest BCUT2D eigenvalue weighted by Gasteiger charge is -2.34. The summed E-state index contributed by atoms with van der Waals surface area (Å²) in [6.45, 7) is 9.96. The van der Waals surface area contributed by atoms with E-state index in [1.54, 1.807) is 11.3 Å². The summed E-state index contributed by atoms with van der Waals surface area (Å²) in [6.07, 6.45) is 0. The first-order chi connectivity index (χ1) is 13.4. The molecule has 4 rings (SSSR count). The Morgan fingerprint density at radius 1 is 1.21 bits per heavy atom. The van der Waals surface area contributed by atoms with Gasteiger partial charge in [0, 0.05) is 56.4 Å². The van der Waals surface area contributed by atoms with Crippen molar-refractivity contribution < 1.29 is 4.79 Å². The van der Waals surface area contributed by atoms with Crippen LogP contribution >= 0.6 is 11.3 Å². The van der Waals surface area contributed by atoms with Gasteiger partial charge in [-0.15, -0.1) is 11.3 Å². The lowest BCUT2D eigenvalue weighted by atomic mass is 10.1. The Morgan fingerprint density at radius 2 is 1.96 bits per heavy atom. The van der Waals surface area contributed by atoms with Crippen LogP contribution in [0.1, 0.15) is 32.6 Å². The maximum Gasteiger partial charge on any atom is 0.271 e. The van der Waals surface area contributed by atoms with E-state index in [2.05, 4.69) is 30.6 Å². The molecule has 0 radical (unpaired) electrons. The van der Waals surface area contributed by atoms with Crippen LogP contribution in [0, 0.1) is 20.8 Å². The highest BCUT2D eigenvalue weighted by atomic mass is 32.1. The van der Waals surface area contributed by atoms with Crippen LogP contribution in [0.4, 0.5) is 0 Å². The zero-order chi connectivity index (χ0) is 19.8. The van der Waals surface area contributed by atoms with Gasteiger partial charge in [0.2, 0.25) is 0 Å². The summed E-state index contributed by atoms with van der Waals surface area (Å²) in [6, 6.07) is 1.84. The van der Waals surface area contributed by atoms with Crippen LogP contribution in [-0.2, 0) is 13.6 Å². The lowest BCUT2D eigenvalue weighted by Crippen LogP contribution is -2.48. The Hall–Kier alpha value is -2.52. The van der Waals surface area contributed by atoms with E-state index in [0.717, 1.165) is 53.0 Å². The van der Waals surface area contributed by atoms with Crippen molar-refractivity contribution in [2.24, 2.45) is 7.05 Å². The molecule has 9 heteroatoms. The van der Waals surface area contributed by atoms with Crippen molar-refractivity contribution in [2.75, 3.05) is 26.2 Å². The molecule has 8 nitrogen and oxygen atoms in total. The number of carbonyl (C=O) groups is 1. The van der Waals surface area contributed by atoms with Crippen LogP contribution in [-0.4, -0.2) is 66.8 Å². The van der Waals surface area contributed by atoms with Gasteiger partial charge < -0.3 is 4.90 Å². The van der Waals surface area contributed by atoms with Crippen molar-refractivity contribution in [1.29, 1.82) is 0 Å². The normalized spacial score (nSPS) is 15.4. The highest BCUT2D eigenvalue weighted by Gasteiger charge is 2.25. The Balaban J connectivity index is 1.40. The molecule has 1 amide bonds. The number of thiazole rings is 1. The second-order valence-electron chi connectivity index (χ2n) is 7.26. The van der Waals surface area contributed by atoms with Gasteiger partial charge in [-0.3, -0.25) is 19.5 Å².